The van der Waals surface area contributed by atoms with Gasteiger partial charge in [0.1, 0.15) is 12.1 Å². The quantitative estimate of drug-likeness (QED) is 0.619. The maximum Gasteiger partial charge on any atom is 0.160 e. The van der Waals surface area contributed by atoms with Gasteiger partial charge in [0.2, 0.25) is 0 Å². The van der Waals surface area contributed by atoms with Crippen molar-refractivity contribution >= 4 is 16.9 Å². The molecule has 4 heterocycles. The molecule has 5 heteroatoms. The predicted molar refractivity (Wildman–Crippen MR) is 116 cm³/mol. The van der Waals surface area contributed by atoms with Gasteiger partial charge in [0.15, 0.2) is 5.17 Å². The van der Waals surface area contributed by atoms with Crippen LogP contribution < -0.4 is 0 Å². The van der Waals surface area contributed by atoms with Crippen molar-refractivity contribution in [1.29, 1.82) is 0 Å². The highest BCUT2D eigenvalue weighted by molar-refractivity contribution is 8.14. The van der Waals surface area contributed by atoms with E-state index >= 15 is 0 Å². The lowest BCUT2D eigenvalue weighted by atomic mass is 9.99. The number of aryl methyl sites for hydroxylation is 1. The minimum Gasteiger partial charge on any atom is -0.337 e. The number of rotatable bonds is 4. The van der Waals surface area contributed by atoms with Crippen molar-refractivity contribution in [3.63, 3.8) is 0 Å². The molecular weight excluding hydrogens is 364 g/mol. The van der Waals surface area contributed by atoms with E-state index in [4.69, 9.17) is 4.99 Å². The Morgan fingerprint density at radius 2 is 1.93 bits per heavy atom. The first-order valence-corrected chi connectivity index (χ1v) is 10.9. The molecule has 3 aromatic rings. The van der Waals surface area contributed by atoms with Crippen LogP contribution in [0, 0.1) is 6.92 Å². The Morgan fingerprint density at radius 1 is 1.07 bits per heavy atom. The molecule has 0 saturated carbocycles. The third-order valence-electron chi connectivity index (χ3n) is 5.79. The van der Waals surface area contributed by atoms with Gasteiger partial charge in [0.25, 0.3) is 0 Å². The fourth-order valence-electron chi connectivity index (χ4n) is 4.36. The van der Waals surface area contributed by atoms with E-state index in [0.29, 0.717) is 6.04 Å². The summed E-state index contributed by atoms with van der Waals surface area (Å²) in [7, 11) is 0. The Balaban J connectivity index is 1.65. The number of benzene rings is 1. The molecule has 0 spiro atoms. The monoisotopic (exact) mass is 388 g/mol. The second-order valence-corrected chi connectivity index (χ2v) is 8.41. The van der Waals surface area contributed by atoms with Crippen molar-refractivity contribution in [2.75, 3.05) is 5.75 Å². The van der Waals surface area contributed by atoms with Crippen LogP contribution in [-0.2, 0) is 0 Å². The molecule has 1 saturated heterocycles. The van der Waals surface area contributed by atoms with Crippen LogP contribution >= 0.6 is 11.8 Å². The molecule has 0 bridgehead atoms. The van der Waals surface area contributed by atoms with Crippen molar-refractivity contribution in [3.05, 3.63) is 83.9 Å². The molecule has 142 valence electrons. The molecule has 2 aliphatic heterocycles. The normalized spacial score (nSPS) is 23.7. The summed E-state index contributed by atoms with van der Waals surface area (Å²) in [6.45, 7) is 4.45. The van der Waals surface area contributed by atoms with E-state index in [-0.39, 0.29) is 12.1 Å². The van der Waals surface area contributed by atoms with E-state index in [1.807, 2.05) is 24.0 Å². The summed E-state index contributed by atoms with van der Waals surface area (Å²) in [5, 5.41) is 1.17. The van der Waals surface area contributed by atoms with Gasteiger partial charge in [-0.3, -0.25) is 9.98 Å². The van der Waals surface area contributed by atoms with Gasteiger partial charge in [-0.1, -0.05) is 43.0 Å². The van der Waals surface area contributed by atoms with Gasteiger partial charge in [-0.05, 0) is 49.2 Å². The summed E-state index contributed by atoms with van der Waals surface area (Å²) >= 11 is 1.89. The van der Waals surface area contributed by atoms with E-state index in [1.54, 1.807) is 0 Å². The molecule has 2 aromatic heterocycles. The van der Waals surface area contributed by atoms with Gasteiger partial charge < -0.3 is 9.47 Å². The first kappa shape index (κ1) is 17.6. The highest BCUT2D eigenvalue weighted by Gasteiger charge is 2.46. The summed E-state index contributed by atoms with van der Waals surface area (Å²) in [6, 6.07) is 19.8. The van der Waals surface area contributed by atoms with E-state index in [1.165, 1.54) is 22.1 Å². The second-order valence-electron chi connectivity index (χ2n) is 7.43. The number of para-hydroxylation sites is 1. The number of pyridine rings is 1. The van der Waals surface area contributed by atoms with Crippen LogP contribution in [0.5, 0.6) is 0 Å². The number of aromatic nitrogens is 2. The Bertz CT molecular complexity index is 1010. The second kappa shape index (κ2) is 7.13. The average molecular weight is 389 g/mol. The first-order valence-electron chi connectivity index (χ1n) is 9.91. The number of amidine groups is 1. The Kier molecular flexibility index (Phi) is 4.47. The van der Waals surface area contributed by atoms with E-state index < -0.39 is 0 Å². The summed E-state index contributed by atoms with van der Waals surface area (Å²) in [4.78, 5) is 12.4. The van der Waals surface area contributed by atoms with Crippen LogP contribution in [0.2, 0.25) is 0 Å². The Morgan fingerprint density at radius 3 is 2.71 bits per heavy atom. The lowest BCUT2D eigenvalue weighted by Gasteiger charge is -2.32. The number of thioether (sulfide) groups is 1. The number of nitrogens with zero attached hydrogens (tertiary/aromatic N) is 4. The van der Waals surface area contributed by atoms with Crippen LogP contribution in [0.4, 0.5) is 0 Å². The predicted octanol–water partition coefficient (Wildman–Crippen LogP) is 5.16. The smallest absolute Gasteiger partial charge is 0.160 e. The van der Waals surface area contributed by atoms with Crippen LogP contribution in [-0.4, -0.2) is 31.4 Å². The maximum absolute atomic E-state index is 5.14. The molecule has 3 atom stereocenters. The lowest BCUT2D eigenvalue weighted by Crippen LogP contribution is -2.36. The van der Waals surface area contributed by atoms with Gasteiger partial charge in [0.05, 0.1) is 5.69 Å². The number of hydrogen-bond acceptors (Lipinski definition) is 4. The molecule has 4 nitrogen and oxygen atoms in total. The average Bonchev–Trinajstić information content (AvgIpc) is 3.43. The van der Waals surface area contributed by atoms with Gasteiger partial charge in [0, 0.05) is 35.6 Å². The van der Waals surface area contributed by atoms with Gasteiger partial charge in [-0.15, -0.1) is 0 Å². The molecule has 1 aromatic carbocycles. The van der Waals surface area contributed by atoms with Crippen LogP contribution in [0.3, 0.4) is 0 Å². The number of hydrogen-bond donors (Lipinski definition) is 0. The summed E-state index contributed by atoms with van der Waals surface area (Å²) in [5.41, 5.74) is 4.83. The number of aliphatic imine (C=N–C) groups is 1. The Hall–Kier alpha value is -2.53. The van der Waals surface area contributed by atoms with Crippen LogP contribution in [0.15, 0.2) is 72.0 Å². The maximum atomic E-state index is 5.14. The molecule has 2 aliphatic rings. The van der Waals surface area contributed by atoms with Crippen molar-refractivity contribution in [1.82, 2.24) is 14.5 Å². The molecule has 0 aliphatic carbocycles. The molecule has 0 N–H and O–H groups in total. The third-order valence-corrected chi connectivity index (χ3v) is 6.91. The van der Waals surface area contributed by atoms with Crippen molar-refractivity contribution < 1.29 is 0 Å². The third kappa shape index (κ3) is 2.76. The van der Waals surface area contributed by atoms with Crippen LogP contribution in [0.25, 0.3) is 5.69 Å². The van der Waals surface area contributed by atoms with Crippen LogP contribution in [0.1, 0.15) is 42.4 Å². The lowest BCUT2D eigenvalue weighted by molar-refractivity contribution is 0.249. The highest BCUT2D eigenvalue weighted by atomic mass is 32.2. The van der Waals surface area contributed by atoms with E-state index in [2.05, 4.69) is 83.0 Å². The zero-order chi connectivity index (χ0) is 19.1. The van der Waals surface area contributed by atoms with E-state index in [9.17, 15) is 0 Å². The SMILES string of the molecule is CC[C@@H]1CSC2=N[C@@H](c3ccccn3)[C@@H](c3cccn3-c3ccccc3C)N21. The Labute approximate surface area is 170 Å². The summed E-state index contributed by atoms with van der Waals surface area (Å²) in [6.07, 6.45) is 5.18. The molecule has 28 heavy (non-hydrogen) atoms. The molecule has 5 rings (SSSR count). The standard InChI is InChI=1S/C23H24N4S/c1-3-17-15-28-23-25-21(18-10-6-7-13-24-18)22(27(17)23)20-12-8-14-26(20)19-11-5-4-9-16(19)2/h4-14,17,21-22H,3,15H2,1-2H3/t17-,21+,22-/m1/s1. The fraction of sp³-hybridized carbons (Fsp3) is 0.304. The van der Waals surface area contributed by atoms with Crippen molar-refractivity contribution in [2.24, 2.45) is 4.99 Å². The van der Waals surface area contributed by atoms with E-state index in [0.717, 1.165) is 17.9 Å². The van der Waals surface area contributed by atoms with Gasteiger partial charge >= 0.3 is 0 Å². The first-order chi connectivity index (χ1) is 13.8. The molecular formula is C23H24N4S. The van der Waals surface area contributed by atoms with Gasteiger partial charge in [-0.2, -0.15) is 0 Å². The molecule has 0 radical (unpaired) electrons. The van der Waals surface area contributed by atoms with Crippen molar-refractivity contribution in [2.45, 2.75) is 38.4 Å². The fourth-order valence-corrected chi connectivity index (χ4v) is 5.70. The number of fused-ring (bicyclic) bond motifs is 1. The molecule has 0 unspecified atom stereocenters. The van der Waals surface area contributed by atoms with Crippen molar-refractivity contribution in [3.8, 4) is 5.69 Å². The zero-order valence-electron chi connectivity index (χ0n) is 16.2. The highest BCUT2D eigenvalue weighted by Crippen LogP contribution is 2.48. The topological polar surface area (TPSA) is 33.4 Å². The van der Waals surface area contributed by atoms with Gasteiger partial charge in [-0.25, -0.2) is 0 Å². The largest absolute Gasteiger partial charge is 0.337 e. The molecule has 1 fully saturated rings. The minimum absolute atomic E-state index is 0.0238. The minimum atomic E-state index is 0.0238. The molecule has 0 amide bonds. The zero-order valence-corrected chi connectivity index (χ0v) is 17.0. The summed E-state index contributed by atoms with van der Waals surface area (Å²) < 4.78 is 2.34. The summed E-state index contributed by atoms with van der Waals surface area (Å²) in [5.74, 6) is 1.12.